The van der Waals surface area contributed by atoms with Gasteiger partial charge in [0.2, 0.25) is 5.89 Å². The van der Waals surface area contributed by atoms with E-state index in [9.17, 15) is 0 Å². The molecule has 7 nitrogen and oxygen atoms in total. The van der Waals surface area contributed by atoms with Crippen molar-refractivity contribution in [2.75, 3.05) is 32.1 Å². The highest BCUT2D eigenvalue weighted by Gasteiger charge is 2.33. The van der Waals surface area contributed by atoms with Crippen molar-refractivity contribution in [2.45, 2.75) is 32.2 Å². The highest BCUT2D eigenvalue weighted by atomic mass is 16.4. The number of hydrogen-bond donors (Lipinski definition) is 0. The zero-order valence-electron chi connectivity index (χ0n) is 14.4. The molecule has 1 fully saturated rings. The van der Waals surface area contributed by atoms with Gasteiger partial charge in [-0.05, 0) is 38.4 Å². The molecule has 1 aliphatic rings. The fraction of sp³-hybridized carbons (Fsp3) is 0.688. The standard InChI is InChI=1S/C16H26N6O/c1-5-14-18-19-16(23-14)21(3)11-12-7-6-10-20(2)15(12)13-8-9-17-22(13)4/h8-9,12,15H,5-7,10-11H2,1-4H3/t12-,15+/m0/s1. The number of nitrogens with zero attached hydrogens (tertiary/aromatic N) is 6. The van der Waals surface area contributed by atoms with Crippen LogP contribution in [0, 0.1) is 5.92 Å². The number of aryl methyl sites for hydroxylation is 2. The van der Waals surface area contributed by atoms with Crippen LogP contribution in [0.3, 0.4) is 0 Å². The van der Waals surface area contributed by atoms with Crippen LogP contribution in [0.5, 0.6) is 0 Å². The lowest BCUT2D eigenvalue weighted by molar-refractivity contribution is 0.117. The van der Waals surface area contributed by atoms with Crippen molar-refractivity contribution in [1.82, 2.24) is 24.9 Å². The number of anilines is 1. The van der Waals surface area contributed by atoms with Crippen LogP contribution < -0.4 is 4.90 Å². The van der Waals surface area contributed by atoms with Crippen LogP contribution in [-0.4, -0.2) is 52.1 Å². The highest BCUT2D eigenvalue weighted by Crippen LogP contribution is 2.35. The minimum atomic E-state index is 0.368. The lowest BCUT2D eigenvalue weighted by atomic mass is 9.87. The predicted molar refractivity (Wildman–Crippen MR) is 88.2 cm³/mol. The van der Waals surface area contributed by atoms with Crippen molar-refractivity contribution in [3.05, 3.63) is 23.8 Å². The van der Waals surface area contributed by atoms with Gasteiger partial charge >= 0.3 is 6.01 Å². The molecule has 0 N–H and O–H groups in total. The molecule has 0 spiro atoms. The quantitative estimate of drug-likeness (QED) is 0.839. The second kappa shape index (κ2) is 6.70. The van der Waals surface area contributed by atoms with Gasteiger partial charge < -0.3 is 9.32 Å². The summed E-state index contributed by atoms with van der Waals surface area (Å²) in [5.74, 6) is 1.20. The Bertz CT molecular complexity index is 636. The molecule has 0 radical (unpaired) electrons. The molecule has 3 heterocycles. The average Bonchev–Trinajstić information content (AvgIpc) is 3.16. The predicted octanol–water partition coefficient (Wildman–Crippen LogP) is 1.88. The van der Waals surface area contributed by atoms with Crippen LogP contribution in [0.25, 0.3) is 0 Å². The summed E-state index contributed by atoms with van der Waals surface area (Å²) in [6.07, 6.45) is 5.06. The summed E-state index contributed by atoms with van der Waals surface area (Å²) in [6.45, 7) is 4.04. The van der Waals surface area contributed by atoms with E-state index < -0.39 is 0 Å². The molecule has 0 bridgehead atoms. The molecule has 0 amide bonds. The van der Waals surface area contributed by atoms with E-state index in [1.807, 2.05) is 31.9 Å². The molecule has 2 atom stereocenters. The number of likely N-dealkylation sites (tertiary alicyclic amines) is 1. The minimum Gasteiger partial charge on any atom is -0.408 e. The van der Waals surface area contributed by atoms with Crippen molar-refractivity contribution in [1.29, 1.82) is 0 Å². The first-order valence-corrected chi connectivity index (χ1v) is 8.31. The normalized spacial score (nSPS) is 22.4. The first-order chi connectivity index (χ1) is 11.1. The van der Waals surface area contributed by atoms with Crippen LogP contribution in [0.15, 0.2) is 16.7 Å². The molecule has 0 aliphatic carbocycles. The van der Waals surface area contributed by atoms with Gasteiger partial charge in [-0.2, -0.15) is 5.10 Å². The monoisotopic (exact) mass is 318 g/mol. The summed E-state index contributed by atoms with van der Waals surface area (Å²) in [5.41, 5.74) is 1.27. The number of aromatic nitrogens is 4. The van der Waals surface area contributed by atoms with E-state index in [4.69, 9.17) is 4.42 Å². The van der Waals surface area contributed by atoms with E-state index in [0.29, 0.717) is 23.9 Å². The fourth-order valence-electron chi connectivity index (χ4n) is 3.56. The molecule has 1 aliphatic heterocycles. The number of rotatable bonds is 5. The van der Waals surface area contributed by atoms with E-state index >= 15 is 0 Å². The van der Waals surface area contributed by atoms with E-state index in [2.05, 4.69) is 38.2 Å². The van der Waals surface area contributed by atoms with Gasteiger partial charge in [0.05, 0.1) is 11.7 Å². The molecular weight excluding hydrogens is 292 g/mol. The first-order valence-electron chi connectivity index (χ1n) is 8.31. The van der Waals surface area contributed by atoms with Crippen LogP contribution in [0.4, 0.5) is 6.01 Å². The van der Waals surface area contributed by atoms with Crippen LogP contribution in [-0.2, 0) is 13.5 Å². The molecule has 1 saturated heterocycles. The van der Waals surface area contributed by atoms with Gasteiger partial charge in [0.15, 0.2) is 0 Å². The summed E-state index contributed by atoms with van der Waals surface area (Å²) in [5, 5.41) is 12.6. The van der Waals surface area contributed by atoms with Crippen molar-refractivity contribution in [3.8, 4) is 0 Å². The number of hydrogen-bond acceptors (Lipinski definition) is 6. The van der Waals surface area contributed by atoms with Crippen molar-refractivity contribution < 1.29 is 4.42 Å². The Kier molecular flexibility index (Phi) is 4.66. The third-order valence-electron chi connectivity index (χ3n) is 4.76. The van der Waals surface area contributed by atoms with E-state index in [-0.39, 0.29) is 0 Å². The summed E-state index contributed by atoms with van der Waals surface area (Å²) >= 11 is 0. The van der Waals surface area contributed by atoms with Gasteiger partial charge in [-0.3, -0.25) is 9.58 Å². The van der Waals surface area contributed by atoms with Gasteiger partial charge in [-0.25, -0.2) is 0 Å². The summed E-state index contributed by atoms with van der Waals surface area (Å²) in [4.78, 5) is 4.52. The van der Waals surface area contributed by atoms with Crippen LogP contribution in [0.1, 0.15) is 37.4 Å². The largest absolute Gasteiger partial charge is 0.408 e. The lowest BCUT2D eigenvalue weighted by Crippen LogP contribution is -2.42. The molecule has 0 saturated carbocycles. The lowest BCUT2D eigenvalue weighted by Gasteiger charge is -2.40. The molecule has 126 valence electrons. The van der Waals surface area contributed by atoms with Gasteiger partial charge in [-0.15, -0.1) is 5.10 Å². The Morgan fingerprint density at radius 1 is 1.35 bits per heavy atom. The van der Waals surface area contributed by atoms with Gasteiger partial charge in [0.25, 0.3) is 0 Å². The molecule has 23 heavy (non-hydrogen) atoms. The molecule has 3 rings (SSSR count). The Hall–Kier alpha value is -1.89. The third kappa shape index (κ3) is 3.24. The second-order valence-electron chi connectivity index (χ2n) is 6.42. The summed E-state index contributed by atoms with van der Waals surface area (Å²) in [7, 11) is 6.25. The Morgan fingerprint density at radius 2 is 2.17 bits per heavy atom. The Labute approximate surface area is 137 Å². The zero-order valence-corrected chi connectivity index (χ0v) is 14.4. The minimum absolute atomic E-state index is 0.368. The average molecular weight is 318 g/mol. The molecule has 2 aromatic heterocycles. The van der Waals surface area contributed by atoms with E-state index in [1.165, 1.54) is 18.5 Å². The molecule has 0 unspecified atom stereocenters. The third-order valence-corrected chi connectivity index (χ3v) is 4.76. The molecule has 2 aromatic rings. The topological polar surface area (TPSA) is 63.2 Å². The fourth-order valence-corrected chi connectivity index (χ4v) is 3.56. The van der Waals surface area contributed by atoms with Crippen molar-refractivity contribution in [2.24, 2.45) is 13.0 Å². The highest BCUT2D eigenvalue weighted by molar-refractivity contribution is 5.23. The van der Waals surface area contributed by atoms with Gasteiger partial charge in [0.1, 0.15) is 0 Å². The van der Waals surface area contributed by atoms with Crippen LogP contribution >= 0.6 is 0 Å². The second-order valence-corrected chi connectivity index (χ2v) is 6.42. The van der Waals surface area contributed by atoms with E-state index in [1.54, 1.807) is 0 Å². The summed E-state index contributed by atoms with van der Waals surface area (Å²) < 4.78 is 7.67. The summed E-state index contributed by atoms with van der Waals surface area (Å²) in [6, 6.07) is 3.10. The van der Waals surface area contributed by atoms with Gasteiger partial charge in [0, 0.05) is 33.3 Å². The molecular formula is C16H26N6O. The van der Waals surface area contributed by atoms with Crippen LogP contribution in [0.2, 0.25) is 0 Å². The smallest absolute Gasteiger partial charge is 0.317 e. The maximum atomic E-state index is 5.69. The van der Waals surface area contributed by atoms with E-state index in [0.717, 1.165) is 19.5 Å². The molecule has 7 heteroatoms. The van der Waals surface area contributed by atoms with Crippen molar-refractivity contribution >= 4 is 6.01 Å². The SMILES string of the molecule is CCc1nnc(N(C)C[C@@H]2CCCN(C)[C@H]2c2ccnn2C)o1. The maximum absolute atomic E-state index is 5.69. The first kappa shape index (κ1) is 16.0. The van der Waals surface area contributed by atoms with Gasteiger partial charge in [-0.1, -0.05) is 12.0 Å². The van der Waals surface area contributed by atoms with Crippen molar-refractivity contribution in [3.63, 3.8) is 0 Å². The molecule has 0 aromatic carbocycles. The Balaban J connectivity index is 1.77. The maximum Gasteiger partial charge on any atom is 0.317 e. The number of piperidine rings is 1. The Morgan fingerprint density at radius 3 is 2.83 bits per heavy atom. The zero-order chi connectivity index (χ0) is 16.4.